The van der Waals surface area contributed by atoms with Crippen molar-refractivity contribution in [2.75, 3.05) is 24.7 Å². The maximum Gasteiger partial charge on any atom is 0.494 e. The molecule has 24 heavy (non-hydrogen) atoms. The monoisotopic (exact) mass is 327 g/mol. The minimum Gasteiger partial charge on any atom is -0.404 e. The van der Waals surface area contributed by atoms with Crippen molar-refractivity contribution in [1.29, 1.82) is 0 Å². The summed E-state index contributed by atoms with van der Waals surface area (Å²) in [7, 11) is -0.221. The number of ether oxygens (including phenoxy) is 1. The van der Waals surface area contributed by atoms with Gasteiger partial charge in [0.05, 0.1) is 12.2 Å². The second-order valence-electron chi connectivity index (χ2n) is 8.53. The molecular weight excluding hydrogens is 301 g/mol. The SMILES string of the molecule is CC1(C)COB(c2ccc3c(c2)C2(CC2)CN3C2CCCCO2)O1. The van der Waals surface area contributed by atoms with Crippen molar-refractivity contribution in [3.05, 3.63) is 23.8 Å². The fourth-order valence-electron chi connectivity index (χ4n) is 4.48. The molecule has 5 rings (SSSR count). The fraction of sp³-hybridized carbons (Fsp3) is 0.684. The average molecular weight is 327 g/mol. The van der Waals surface area contributed by atoms with Gasteiger partial charge in [0.2, 0.25) is 0 Å². The Morgan fingerprint density at radius 1 is 1.21 bits per heavy atom. The van der Waals surface area contributed by atoms with E-state index < -0.39 is 0 Å². The Bertz CT molecular complexity index is 652. The average Bonchev–Trinajstić information content (AvgIpc) is 3.18. The molecule has 0 aromatic heterocycles. The summed E-state index contributed by atoms with van der Waals surface area (Å²) in [6.45, 7) is 6.85. The van der Waals surface area contributed by atoms with Crippen molar-refractivity contribution in [2.45, 2.75) is 63.2 Å². The van der Waals surface area contributed by atoms with Gasteiger partial charge in [-0.05, 0) is 63.0 Å². The van der Waals surface area contributed by atoms with E-state index in [2.05, 4.69) is 36.9 Å². The Hall–Kier alpha value is -1.04. The first kappa shape index (κ1) is 15.2. The normalized spacial score (nSPS) is 30.0. The third-order valence-corrected chi connectivity index (χ3v) is 6.01. The lowest BCUT2D eigenvalue weighted by Crippen LogP contribution is -2.39. The summed E-state index contributed by atoms with van der Waals surface area (Å²) in [5, 5.41) is 0. The van der Waals surface area contributed by atoms with Gasteiger partial charge in [-0.2, -0.15) is 0 Å². The summed E-state index contributed by atoms with van der Waals surface area (Å²) in [5.41, 5.74) is 4.20. The van der Waals surface area contributed by atoms with Gasteiger partial charge in [-0.3, -0.25) is 0 Å². The van der Waals surface area contributed by atoms with Crippen molar-refractivity contribution in [1.82, 2.24) is 0 Å². The zero-order valence-electron chi connectivity index (χ0n) is 14.7. The molecule has 1 atom stereocenters. The van der Waals surface area contributed by atoms with Crippen LogP contribution in [0.1, 0.15) is 51.5 Å². The van der Waals surface area contributed by atoms with Gasteiger partial charge in [-0.15, -0.1) is 0 Å². The second-order valence-corrected chi connectivity index (χ2v) is 8.53. The number of hydrogen-bond acceptors (Lipinski definition) is 4. The Kier molecular flexibility index (Phi) is 3.32. The van der Waals surface area contributed by atoms with Crippen molar-refractivity contribution in [3.8, 4) is 0 Å². The number of fused-ring (bicyclic) bond motifs is 2. The van der Waals surface area contributed by atoms with E-state index in [1.807, 2.05) is 0 Å². The quantitative estimate of drug-likeness (QED) is 0.782. The second kappa shape index (κ2) is 5.23. The zero-order valence-corrected chi connectivity index (χ0v) is 14.7. The van der Waals surface area contributed by atoms with Gasteiger partial charge in [-0.25, -0.2) is 0 Å². The van der Waals surface area contributed by atoms with Crippen molar-refractivity contribution < 1.29 is 14.0 Å². The molecule has 128 valence electrons. The standard InChI is InChI=1S/C19H26BNO3/c1-18(2)13-23-20(24-18)14-6-7-16-15(11-14)19(8-9-19)12-21(16)17-5-3-4-10-22-17/h6-7,11,17H,3-5,8-10,12-13H2,1-2H3. The zero-order chi connectivity index (χ0) is 16.4. The predicted octanol–water partition coefficient (Wildman–Crippen LogP) is 2.59. The smallest absolute Gasteiger partial charge is 0.404 e. The number of rotatable bonds is 2. The van der Waals surface area contributed by atoms with Gasteiger partial charge in [0.1, 0.15) is 6.23 Å². The highest BCUT2D eigenvalue weighted by molar-refractivity contribution is 6.62. The van der Waals surface area contributed by atoms with E-state index >= 15 is 0 Å². The summed E-state index contributed by atoms with van der Waals surface area (Å²) < 4.78 is 18.0. The molecule has 0 bridgehead atoms. The summed E-state index contributed by atoms with van der Waals surface area (Å²) in [5.74, 6) is 0. The molecular formula is C19H26BNO3. The Morgan fingerprint density at radius 2 is 2.08 bits per heavy atom. The van der Waals surface area contributed by atoms with Crippen LogP contribution in [0.2, 0.25) is 0 Å². The highest BCUT2D eigenvalue weighted by Gasteiger charge is 2.53. The Morgan fingerprint density at radius 3 is 2.75 bits per heavy atom. The van der Waals surface area contributed by atoms with Crippen molar-refractivity contribution in [3.63, 3.8) is 0 Å². The van der Waals surface area contributed by atoms with Gasteiger partial charge in [0, 0.05) is 24.3 Å². The van der Waals surface area contributed by atoms with Crippen molar-refractivity contribution >= 4 is 18.3 Å². The predicted molar refractivity (Wildman–Crippen MR) is 94.8 cm³/mol. The summed E-state index contributed by atoms with van der Waals surface area (Å²) >= 11 is 0. The summed E-state index contributed by atoms with van der Waals surface area (Å²) in [4.78, 5) is 2.52. The largest absolute Gasteiger partial charge is 0.494 e. The van der Waals surface area contributed by atoms with Crippen LogP contribution in [-0.2, 0) is 19.5 Å². The van der Waals surface area contributed by atoms with Gasteiger partial charge in [-0.1, -0.05) is 12.1 Å². The minimum absolute atomic E-state index is 0.192. The Balaban J connectivity index is 1.46. The molecule has 4 aliphatic rings. The first-order valence-electron chi connectivity index (χ1n) is 9.39. The maximum atomic E-state index is 6.07. The number of benzene rings is 1. The van der Waals surface area contributed by atoms with E-state index in [0.717, 1.165) is 25.0 Å². The summed E-state index contributed by atoms with van der Waals surface area (Å²) in [6, 6.07) is 6.80. The molecule has 1 aromatic carbocycles. The van der Waals surface area contributed by atoms with Crippen LogP contribution in [0.25, 0.3) is 0 Å². The van der Waals surface area contributed by atoms with Gasteiger partial charge in [0.25, 0.3) is 0 Å². The first-order valence-corrected chi connectivity index (χ1v) is 9.39. The molecule has 1 aromatic rings. The lowest BCUT2D eigenvalue weighted by molar-refractivity contribution is 0.0147. The molecule has 0 amide bonds. The highest BCUT2D eigenvalue weighted by Crippen LogP contribution is 2.57. The number of anilines is 1. The topological polar surface area (TPSA) is 30.9 Å². The molecule has 0 radical (unpaired) electrons. The molecule has 1 unspecified atom stereocenters. The van der Waals surface area contributed by atoms with Gasteiger partial charge < -0.3 is 18.9 Å². The molecule has 1 saturated carbocycles. The minimum atomic E-state index is -0.221. The van der Waals surface area contributed by atoms with E-state index in [-0.39, 0.29) is 18.9 Å². The molecule has 1 aliphatic carbocycles. The molecule has 4 nitrogen and oxygen atoms in total. The van der Waals surface area contributed by atoms with Crippen LogP contribution in [0, 0.1) is 0 Å². The van der Waals surface area contributed by atoms with Gasteiger partial charge in [0.15, 0.2) is 0 Å². The molecule has 3 heterocycles. The van der Waals surface area contributed by atoms with E-state index in [0.29, 0.717) is 12.0 Å². The molecule has 0 N–H and O–H groups in total. The first-order chi connectivity index (χ1) is 11.6. The lowest BCUT2D eigenvalue weighted by Gasteiger charge is -2.33. The van der Waals surface area contributed by atoms with Crippen molar-refractivity contribution in [2.24, 2.45) is 0 Å². The molecule has 5 heteroatoms. The number of nitrogens with zero attached hydrogens (tertiary/aromatic N) is 1. The van der Waals surface area contributed by atoms with E-state index in [1.54, 1.807) is 0 Å². The van der Waals surface area contributed by atoms with Crippen LogP contribution in [0.5, 0.6) is 0 Å². The highest BCUT2D eigenvalue weighted by atomic mass is 16.7. The fourth-order valence-corrected chi connectivity index (χ4v) is 4.48. The van der Waals surface area contributed by atoms with Crippen LogP contribution in [-0.4, -0.2) is 38.7 Å². The Labute approximate surface area is 144 Å². The molecule has 3 aliphatic heterocycles. The van der Waals surface area contributed by atoms with Crippen LogP contribution in [0.15, 0.2) is 18.2 Å². The van der Waals surface area contributed by atoms with E-state index in [4.69, 9.17) is 14.0 Å². The van der Waals surface area contributed by atoms with Crippen LogP contribution >= 0.6 is 0 Å². The van der Waals surface area contributed by atoms with E-state index in [9.17, 15) is 0 Å². The molecule has 2 saturated heterocycles. The van der Waals surface area contributed by atoms with Crippen LogP contribution < -0.4 is 10.4 Å². The maximum absolute atomic E-state index is 6.07. The number of hydrogen-bond donors (Lipinski definition) is 0. The summed E-state index contributed by atoms with van der Waals surface area (Å²) in [6.07, 6.45) is 6.49. The molecule has 3 fully saturated rings. The van der Waals surface area contributed by atoms with Crippen LogP contribution in [0.4, 0.5) is 5.69 Å². The van der Waals surface area contributed by atoms with Gasteiger partial charge >= 0.3 is 7.12 Å². The molecule has 1 spiro atoms. The third-order valence-electron chi connectivity index (χ3n) is 6.01. The third kappa shape index (κ3) is 2.40. The van der Waals surface area contributed by atoms with Crippen LogP contribution in [0.3, 0.4) is 0 Å². The lowest BCUT2D eigenvalue weighted by atomic mass is 9.77. The van der Waals surface area contributed by atoms with E-state index in [1.165, 1.54) is 36.9 Å².